The first-order valence-corrected chi connectivity index (χ1v) is 9.03. The van der Waals surface area contributed by atoms with Crippen molar-refractivity contribution in [2.75, 3.05) is 63.9 Å². The van der Waals surface area contributed by atoms with E-state index in [1.807, 2.05) is 11.8 Å². The molecule has 2 heterocycles. The molecule has 0 bridgehead atoms. The number of nitrogens with zero attached hydrogens (tertiary/aromatic N) is 2. The number of piperazine rings is 1. The Kier molecular flexibility index (Phi) is 5.71. The summed E-state index contributed by atoms with van der Waals surface area (Å²) >= 11 is 1.96. The fraction of sp³-hybridized carbons (Fsp3) is 1.00. The van der Waals surface area contributed by atoms with Crippen LogP contribution in [0.15, 0.2) is 0 Å². The van der Waals surface area contributed by atoms with Crippen molar-refractivity contribution in [2.45, 2.75) is 0 Å². The molecule has 2 fully saturated rings. The first-order chi connectivity index (χ1) is 8.68. The van der Waals surface area contributed by atoms with Gasteiger partial charge in [-0.1, -0.05) is 0 Å². The van der Waals surface area contributed by atoms with Gasteiger partial charge in [-0.2, -0.15) is 24.5 Å². The summed E-state index contributed by atoms with van der Waals surface area (Å²) in [6, 6.07) is 0. The third-order valence-corrected chi connectivity index (χ3v) is 5.79. The van der Waals surface area contributed by atoms with E-state index in [9.17, 15) is 8.42 Å². The van der Waals surface area contributed by atoms with Gasteiger partial charge < -0.3 is 10.2 Å². The van der Waals surface area contributed by atoms with E-state index in [1.54, 1.807) is 0 Å². The van der Waals surface area contributed by atoms with Crippen molar-refractivity contribution in [1.82, 2.24) is 19.2 Å². The summed E-state index contributed by atoms with van der Waals surface area (Å²) in [5.74, 6) is 2.31. The second-order valence-electron chi connectivity index (χ2n) is 4.50. The van der Waals surface area contributed by atoms with Crippen molar-refractivity contribution in [3.05, 3.63) is 0 Å². The summed E-state index contributed by atoms with van der Waals surface area (Å²) in [5, 5.41) is 3.15. The zero-order chi connectivity index (χ0) is 12.8. The average Bonchev–Trinajstić information content (AvgIpc) is 2.41. The quantitative estimate of drug-likeness (QED) is 0.665. The molecule has 0 unspecified atom stereocenters. The summed E-state index contributed by atoms with van der Waals surface area (Å²) in [5.41, 5.74) is 0. The Morgan fingerprint density at radius 2 is 1.78 bits per heavy atom. The van der Waals surface area contributed by atoms with Gasteiger partial charge in [0.1, 0.15) is 0 Å². The first kappa shape index (κ1) is 14.5. The lowest BCUT2D eigenvalue weighted by Crippen LogP contribution is -2.51. The maximum absolute atomic E-state index is 12.0. The van der Waals surface area contributed by atoms with Gasteiger partial charge in [-0.15, -0.1) is 0 Å². The van der Waals surface area contributed by atoms with Gasteiger partial charge in [0.2, 0.25) is 0 Å². The molecular formula is C10H22N4O2S2. The summed E-state index contributed by atoms with van der Waals surface area (Å²) in [4.78, 5) is 2.32. The van der Waals surface area contributed by atoms with E-state index >= 15 is 0 Å². The van der Waals surface area contributed by atoms with Crippen molar-refractivity contribution in [1.29, 1.82) is 0 Å². The Morgan fingerprint density at radius 1 is 1.11 bits per heavy atom. The van der Waals surface area contributed by atoms with Gasteiger partial charge in [0.05, 0.1) is 0 Å². The first-order valence-electron chi connectivity index (χ1n) is 6.44. The van der Waals surface area contributed by atoms with Crippen LogP contribution in [0, 0.1) is 0 Å². The molecule has 0 amide bonds. The molecule has 0 spiro atoms. The predicted molar refractivity (Wildman–Crippen MR) is 75.1 cm³/mol. The second kappa shape index (κ2) is 7.06. The van der Waals surface area contributed by atoms with Crippen molar-refractivity contribution in [3.63, 3.8) is 0 Å². The SMILES string of the molecule is O=S(=O)(NCCN1CCSCC1)N1CCNCC1. The van der Waals surface area contributed by atoms with Gasteiger partial charge in [-0.25, -0.2) is 4.72 Å². The minimum Gasteiger partial charge on any atom is -0.314 e. The van der Waals surface area contributed by atoms with E-state index < -0.39 is 10.2 Å². The van der Waals surface area contributed by atoms with Gasteiger partial charge in [0.15, 0.2) is 0 Å². The van der Waals surface area contributed by atoms with Gasteiger partial charge in [0, 0.05) is 63.9 Å². The van der Waals surface area contributed by atoms with E-state index in [0.29, 0.717) is 19.6 Å². The molecule has 0 atom stereocenters. The molecule has 8 heteroatoms. The van der Waals surface area contributed by atoms with Crippen LogP contribution < -0.4 is 10.0 Å². The van der Waals surface area contributed by atoms with Crippen LogP contribution in [0.25, 0.3) is 0 Å². The standard InChI is InChI=1S/C10H22N4O2S2/c15-18(16,14-5-1-11-2-6-14)12-3-4-13-7-9-17-10-8-13/h11-12H,1-10H2. The minimum absolute atomic E-state index is 0.511. The third kappa shape index (κ3) is 4.36. The molecule has 18 heavy (non-hydrogen) atoms. The molecule has 0 radical (unpaired) electrons. The Balaban J connectivity index is 1.70. The molecule has 2 aliphatic heterocycles. The lowest BCUT2D eigenvalue weighted by atomic mass is 10.4. The lowest BCUT2D eigenvalue weighted by Gasteiger charge is -2.28. The Labute approximate surface area is 114 Å². The van der Waals surface area contributed by atoms with E-state index in [2.05, 4.69) is 14.9 Å². The number of nitrogens with one attached hydrogen (secondary N) is 2. The molecule has 2 rings (SSSR count). The zero-order valence-electron chi connectivity index (χ0n) is 10.6. The maximum atomic E-state index is 12.0. The second-order valence-corrected chi connectivity index (χ2v) is 7.48. The van der Waals surface area contributed by atoms with E-state index in [0.717, 1.165) is 44.2 Å². The minimum atomic E-state index is -3.27. The smallest absolute Gasteiger partial charge is 0.279 e. The van der Waals surface area contributed by atoms with Gasteiger partial charge in [0.25, 0.3) is 10.2 Å². The number of rotatable bonds is 5. The molecule has 0 aliphatic carbocycles. The topological polar surface area (TPSA) is 64.7 Å². The van der Waals surface area contributed by atoms with E-state index in [1.165, 1.54) is 4.31 Å². The monoisotopic (exact) mass is 294 g/mol. The highest BCUT2D eigenvalue weighted by molar-refractivity contribution is 7.99. The summed E-state index contributed by atoms with van der Waals surface area (Å²) in [6.45, 7) is 6.07. The maximum Gasteiger partial charge on any atom is 0.279 e. The molecule has 2 aliphatic rings. The van der Waals surface area contributed by atoms with Crippen LogP contribution in [0.4, 0.5) is 0 Å². The average molecular weight is 294 g/mol. The van der Waals surface area contributed by atoms with Gasteiger partial charge >= 0.3 is 0 Å². The molecule has 2 N–H and O–H groups in total. The number of thioether (sulfide) groups is 1. The van der Waals surface area contributed by atoms with Crippen LogP contribution in [0.5, 0.6) is 0 Å². The van der Waals surface area contributed by atoms with Crippen LogP contribution in [0.2, 0.25) is 0 Å². The molecule has 0 aromatic rings. The fourth-order valence-corrected chi connectivity index (χ4v) is 4.31. The molecule has 6 nitrogen and oxygen atoms in total. The van der Waals surface area contributed by atoms with Crippen LogP contribution >= 0.6 is 11.8 Å². The lowest BCUT2D eigenvalue weighted by molar-refractivity contribution is 0.304. The molecule has 0 aromatic heterocycles. The van der Waals surface area contributed by atoms with Gasteiger partial charge in [-0.05, 0) is 0 Å². The third-order valence-electron chi connectivity index (χ3n) is 3.23. The largest absolute Gasteiger partial charge is 0.314 e. The molecule has 0 aromatic carbocycles. The summed E-state index contributed by atoms with van der Waals surface area (Å²) in [6.07, 6.45) is 0. The van der Waals surface area contributed by atoms with Crippen molar-refractivity contribution in [3.8, 4) is 0 Å². The zero-order valence-corrected chi connectivity index (χ0v) is 12.2. The normalized spacial score (nSPS) is 24.2. The van der Waals surface area contributed by atoms with Crippen LogP contribution in [-0.4, -0.2) is 81.5 Å². The molecular weight excluding hydrogens is 272 g/mol. The summed E-state index contributed by atoms with van der Waals surface area (Å²) < 4.78 is 28.2. The predicted octanol–water partition coefficient (Wildman–Crippen LogP) is -1.23. The molecule has 106 valence electrons. The van der Waals surface area contributed by atoms with E-state index in [-0.39, 0.29) is 0 Å². The summed E-state index contributed by atoms with van der Waals surface area (Å²) in [7, 11) is -3.27. The van der Waals surface area contributed by atoms with E-state index in [4.69, 9.17) is 0 Å². The van der Waals surface area contributed by atoms with Crippen molar-refractivity contribution >= 4 is 22.0 Å². The van der Waals surface area contributed by atoms with Crippen molar-refractivity contribution in [2.24, 2.45) is 0 Å². The Hall–Kier alpha value is 0.140. The number of hydrogen-bond acceptors (Lipinski definition) is 5. The van der Waals surface area contributed by atoms with Gasteiger partial charge in [-0.3, -0.25) is 0 Å². The van der Waals surface area contributed by atoms with Crippen LogP contribution in [0.1, 0.15) is 0 Å². The van der Waals surface area contributed by atoms with Crippen LogP contribution in [0.3, 0.4) is 0 Å². The van der Waals surface area contributed by atoms with Crippen molar-refractivity contribution < 1.29 is 8.42 Å². The molecule has 0 saturated carbocycles. The highest BCUT2D eigenvalue weighted by Gasteiger charge is 2.23. The Morgan fingerprint density at radius 3 is 2.44 bits per heavy atom. The number of hydrogen-bond donors (Lipinski definition) is 2. The Bertz CT molecular complexity index is 338. The van der Waals surface area contributed by atoms with Crippen LogP contribution in [-0.2, 0) is 10.2 Å². The fourth-order valence-electron chi connectivity index (χ4n) is 2.13. The highest BCUT2D eigenvalue weighted by atomic mass is 32.2. The highest BCUT2D eigenvalue weighted by Crippen LogP contribution is 2.08. The molecule has 2 saturated heterocycles.